The first-order valence-electron chi connectivity index (χ1n) is 8.80. The number of aromatic nitrogens is 1. The molecule has 1 aromatic heterocycles. The first kappa shape index (κ1) is 21.8. The normalized spacial score (nSPS) is 12.6. The van der Waals surface area contributed by atoms with E-state index in [1.807, 2.05) is 18.2 Å². The van der Waals surface area contributed by atoms with Gasteiger partial charge >= 0.3 is 12.2 Å². The minimum atomic E-state index is -1.28. The lowest BCUT2D eigenvalue weighted by Gasteiger charge is -2.19. The second-order valence-electron chi connectivity index (χ2n) is 6.27. The van der Waals surface area contributed by atoms with Crippen molar-refractivity contribution in [1.29, 1.82) is 0 Å². The third-order valence-electron chi connectivity index (χ3n) is 4.46. The molecule has 0 saturated carbocycles. The van der Waals surface area contributed by atoms with Gasteiger partial charge in [0, 0.05) is 31.5 Å². The summed E-state index contributed by atoms with van der Waals surface area (Å²) in [5.74, 6) is -1.78. The van der Waals surface area contributed by atoms with Gasteiger partial charge in [0.2, 0.25) is 11.7 Å². The largest absolute Gasteiger partial charge is 0.495 e. The van der Waals surface area contributed by atoms with Gasteiger partial charge in [-0.25, -0.2) is 4.79 Å². The molecule has 1 amide bonds. The Morgan fingerprint density at radius 1 is 1.34 bits per heavy atom. The number of aromatic amines is 1. The Bertz CT molecular complexity index is 947. The molecule has 0 fully saturated rings. The van der Waals surface area contributed by atoms with E-state index in [1.54, 1.807) is 13.3 Å². The molecule has 2 rings (SSSR count). The molecular formula is C19H22N4O6. The first-order chi connectivity index (χ1) is 13.9. The number of hydrogen-bond acceptors (Lipinski definition) is 5. The van der Waals surface area contributed by atoms with Gasteiger partial charge in [0.15, 0.2) is 0 Å². The van der Waals surface area contributed by atoms with E-state index in [0.717, 1.165) is 16.5 Å². The standard InChI is InChI=1S/C19H22N4O6/c1-28-15-5-3-4-13-11(9-21-17(13)15)8-16(29-2)18(25)23-14(19(26)27)7-6-12(24)10-22-20/h3-5,9-10,14,16,21H,6-8H2,1-2H3,(H,23,25)(H,26,27)/t14-,16-/m0/s1. The average molecular weight is 402 g/mol. The molecule has 0 saturated heterocycles. The van der Waals surface area contributed by atoms with Crippen molar-refractivity contribution in [2.45, 2.75) is 31.4 Å². The van der Waals surface area contributed by atoms with Crippen LogP contribution >= 0.6 is 0 Å². The Kier molecular flexibility index (Phi) is 7.64. The van der Waals surface area contributed by atoms with Gasteiger partial charge in [-0.3, -0.25) is 9.59 Å². The number of carbonyl (C=O) groups excluding carboxylic acids is 2. The van der Waals surface area contributed by atoms with Crippen LogP contribution in [0.4, 0.5) is 0 Å². The molecule has 1 heterocycles. The number of fused-ring (bicyclic) bond motifs is 1. The molecule has 0 radical (unpaired) electrons. The van der Waals surface area contributed by atoms with Crippen LogP contribution in [0.2, 0.25) is 0 Å². The highest BCUT2D eigenvalue weighted by atomic mass is 16.5. The van der Waals surface area contributed by atoms with Crippen LogP contribution in [-0.4, -0.2) is 65.1 Å². The molecule has 2 aromatic rings. The van der Waals surface area contributed by atoms with Gasteiger partial charge in [0.1, 0.15) is 17.9 Å². The summed E-state index contributed by atoms with van der Waals surface area (Å²) in [6.07, 6.45) is 1.36. The number of Topliss-reactive ketones (excluding diaryl/α,β-unsaturated/α-hetero) is 1. The highest BCUT2D eigenvalue weighted by Gasteiger charge is 2.27. The molecule has 0 aliphatic rings. The highest BCUT2D eigenvalue weighted by Crippen LogP contribution is 2.27. The minimum Gasteiger partial charge on any atom is -0.495 e. The first-order valence-corrected chi connectivity index (χ1v) is 8.80. The zero-order valence-electron chi connectivity index (χ0n) is 16.0. The number of ketones is 1. The van der Waals surface area contributed by atoms with Crippen molar-refractivity contribution in [3.8, 4) is 5.75 Å². The number of nitrogens with zero attached hydrogens (tertiary/aromatic N) is 2. The Balaban J connectivity index is 2.10. The summed E-state index contributed by atoms with van der Waals surface area (Å²) in [5.41, 5.74) is 9.92. The summed E-state index contributed by atoms with van der Waals surface area (Å²) in [6, 6.07) is 4.24. The number of H-pyrrole nitrogens is 1. The molecule has 0 aliphatic heterocycles. The van der Waals surface area contributed by atoms with Gasteiger partial charge in [-0.1, -0.05) is 12.1 Å². The van der Waals surface area contributed by atoms with Crippen molar-refractivity contribution in [1.82, 2.24) is 10.3 Å². The number of nitrogens with one attached hydrogen (secondary N) is 2. The van der Waals surface area contributed by atoms with E-state index in [1.165, 1.54) is 7.11 Å². The second kappa shape index (κ2) is 10.2. The number of benzene rings is 1. The van der Waals surface area contributed by atoms with Gasteiger partial charge in [0.25, 0.3) is 0 Å². The van der Waals surface area contributed by atoms with E-state index in [-0.39, 0.29) is 19.3 Å². The maximum Gasteiger partial charge on any atom is 0.326 e. The summed E-state index contributed by atoms with van der Waals surface area (Å²) in [7, 11) is 2.92. The summed E-state index contributed by atoms with van der Waals surface area (Å²) < 4.78 is 10.6. The topological polar surface area (TPSA) is 154 Å². The smallest absolute Gasteiger partial charge is 0.326 e. The van der Waals surface area contributed by atoms with Crippen LogP contribution in [-0.2, 0) is 25.5 Å². The van der Waals surface area contributed by atoms with Crippen LogP contribution in [0.5, 0.6) is 5.75 Å². The number of carboxylic acids is 1. The predicted octanol–water partition coefficient (Wildman–Crippen LogP) is 0.953. The van der Waals surface area contributed by atoms with Crippen molar-refractivity contribution in [3.05, 3.63) is 35.5 Å². The van der Waals surface area contributed by atoms with Crippen LogP contribution in [0.25, 0.3) is 16.4 Å². The third-order valence-corrected chi connectivity index (χ3v) is 4.46. The third kappa shape index (κ3) is 5.50. The van der Waals surface area contributed by atoms with Gasteiger partial charge in [-0.15, -0.1) is 0 Å². The fraction of sp³-hybridized carbons (Fsp3) is 0.368. The quantitative estimate of drug-likeness (QED) is 0.289. The van der Waals surface area contributed by atoms with Crippen molar-refractivity contribution in [2.75, 3.05) is 14.2 Å². The maximum atomic E-state index is 12.6. The van der Waals surface area contributed by atoms with Crippen molar-refractivity contribution >= 4 is 34.8 Å². The number of carboxylic acid groups (broad SMARTS) is 1. The summed E-state index contributed by atoms with van der Waals surface area (Å²) in [5, 5.41) is 12.6. The Labute approximate surface area is 166 Å². The van der Waals surface area contributed by atoms with Crippen molar-refractivity contribution < 1.29 is 33.8 Å². The molecule has 0 aliphatic carbocycles. The van der Waals surface area contributed by atoms with Gasteiger partial charge in [-0.2, -0.15) is 4.79 Å². The lowest BCUT2D eigenvalue weighted by Crippen LogP contribution is -2.46. The second-order valence-corrected chi connectivity index (χ2v) is 6.27. The number of amides is 1. The molecule has 154 valence electrons. The molecule has 10 heteroatoms. The predicted molar refractivity (Wildman–Crippen MR) is 103 cm³/mol. The monoisotopic (exact) mass is 402 g/mol. The number of para-hydroxylation sites is 1. The van der Waals surface area contributed by atoms with Crippen molar-refractivity contribution in [2.24, 2.45) is 0 Å². The molecule has 0 bridgehead atoms. The van der Waals surface area contributed by atoms with Crippen molar-refractivity contribution in [3.63, 3.8) is 0 Å². The number of hydrogen-bond donors (Lipinski definition) is 3. The summed E-state index contributed by atoms with van der Waals surface area (Å²) >= 11 is 0. The molecular weight excluding hydrogens is 380 g/mol. The lowest BCUT2D eigenvalue weighted by atomic mass is 10.0. The molecule has 0 spiro atoms. The zero-order chi connectivity index (χ0) is 21.4. The number of ether oxygens (including phenoxy) is 2. The Hall–Kier alpha value is -3.49. The summed E-state index contributed by atoms with van der Waals surface area (Å²) in [4.78, 5) is 41.1. The number of aliphatic carboxylic acids is 1. The fourth-order valence-electron chi connectivity index (χ4n) is 2.94. The molecule has 2 atom stereocenters. The highest BCUT2D eigenvalue weighted by molar-refractivity contribution is 6.25. The van der Waals surface area contributed by atoms with Gasteiger partial charge < -0.3 is 30.4 Å². The Morgan fingerprint density at radius 3 is 2.72 bits per heavy atom. The molecule has 1 aromatic carbocycles. The van der Waals surface area contributed by atoms with Crippen LogP contribution in [0.3, 0.4) is 0 Å². The summed E-state index contributed by atoms with van der Waals surface area (Å²) in [6.45, 7) is 0. The van der Waals surface area contributed by atoms with E-state index in [9.17, 15) is 19.5 Å². The van der Waals surface area contributed by atoms with Gasteiger partial charge in [0.05, 0.1) is 12.6 Å². The average Bonchev–Trinajstić information content (AvgIpc) is 3.11. The lowest BCUT2D eigenvalue weighted by molar-refractivity contribution is -0.144. The number of rotatable bonds is 11. The van der Waals surface area contributed by atoms with E-state index < -0.39 is 29.8 Å². The minimum absolute atomic E-state index is 0.146. The van der Waals surface area contributed by atoms with E-state index >= 15 is 0 Å². The van der Waals surface area contributed by atoms with Crippen LogP contribution in [0.15, 0.2) is 24.4 Å². The van der Waals surface area contributed by atoms with Gasteiger partial charge in [-0.05, 0) is 18.1 Å². The SMILES string of the molecule is COc1cccc2c(C[C@H](OC)C(=O)N[C@@H](CCC(=O)C=[N+]=[N-])C(=O)O)c[nH]c12. The van der Waals surface area contributed by atoms with E-state index in [0.29, 0.717) is 12.0 Å². The van der Waals surface area contributed by atoms with Crippen LogP contribution in [0.1, 0.15) is 18.4 Å². The van der Waals surface area contributed by atoms with E-state index in [2.05, 4.69) is 15.1 Å². The maximum absolute atomic E-state index is 12.6. The molecule has 10 nitrogen and oxygen atoms in total. The van der Waals surface area contributed by atoms with E-state index in [4.69, 9.17) is 15.0 Å². The fourth-order valence-corrected chi connectivity index (χ4v) is 2.94. The zero-order valence-corrected chi connectivity index (χ0v) is 16.0. The Morgan fingerprint density at radius 2 is 2.10 bits per heavy atom. The number of carbonyl (C=O) groups is 3. The van der Waals surface area contributed by atoms with Crippen LogP contribution < -0.4 is 10.1 Å². The molecule has 0 unspecified atom stereocenters. The molecule has 29 heavy (non-hydrogen) atoms. The number of methoxy groups -OCH3 is 2. The van der Waals surface area contributed by atoms with Crippen LogP contribution in [0, 0.1) is 0 Å². The molecule has 3 N–H and O–H groups in total.